The topological polar surface area (TPSA) is 32.5 Å². The lowest BCUT2D eigenvalue weighted by atomic mass is 9.91. The third kappa shape index (κ3) is 4.59. The van der Waals surface area contributed by atoms with Gasteiger partial charge in [-0.1, -0.05) is 58.0 Å². The molecule has 1 saturated heterocycles. The van der Waals surface area contributed by atoms with Crippen LogP contribution in [0, 0.1) is 5.92 Å². The van der Waals surface area contributed by atoms with Crippen LogP contribution in [0.25, 0.3) is 0 Å². The molecular formula is C21H37N3. The highest BCUT2D eigenvalue weighted by molar-refractivity contribution is 5.15. The molecular weight excluding hydrogens is 294 g/mol. The lowest BCUT2D eigenvalue weighted by molar-refractivity contribution is 0.0365. The fourth-order valence-electron chi connectivity index (χ4n) is 4.29. The van der Waals surface area contributed by atoms with Crippen molar-refractivity contribution in [3.05, 3.63) is 35.9 Å². The molecule has 0 aliphatic carbocycles. The monoisotopic (exact) mass is 331 g/mol. The first-order valence-corrected chi connectivity index (χ1v) is 9.77. The van der Waals surface area contributed by atoms with Crippen molar-refractivity contribution in [2.45, 2.75) is 65.1 Å². The summed E-state index contributed by atoms with van der Waals surface area (Å²) in [7, 11) is 0. The highest BCUT2D eigenvalue weighted by Gasteiger charge is 2.43. The summed E-state index contributed by atoms with van der Waals surface area (Å²) in [5.74, 6) is 0.678. The first-order chi connectivity index (χ1) is 11.5. The maximum Gasteiger partial charge on any atom is 0.0473 e. The molecule has 0 bridgehead atoms. The molecule has 1 fully saturated rings. The van der Waals surface area contributed by atoms with Gasteiger partial charge in [0.15, 0.2) is 0 Å². The van der Waals surface area contributed by atoms with E-state index in [1.807, 2.05) is 0 Å². The smallest absolute Gasteiger partial charge is 0.0473 e. The summed E-state index contributed by atoms with van der Waals surface area (Å²) in [4.78, 5) is 5.36. The maximum atomic E-state index is 6.38. The van der Waals surface area contributed by atoms with E-state index in [1.165, 1.54) is 24.8 Å². The van der Waals surface area contributed by atoms with Crippen molar-refractivity contribution in [3.63, 3.8) is 0 Å². The molecule has 1 aliphatic rings. The number of nitrogens with zero attached hydrogens (tertiary/aromatic N) is 2. The second kappa shape index (κ2) is 8.98. The quantitative estimate of drug-likeness (QED) is 0.748. The zero-order chi connectivity index (χ0) is 17.6. The van der Waals surface area contributed by atoms with E-state index < -0.39 is 0 Å². The van der Waals surface area contributed by atoms with E-state index in [9.17, 15) is 0 Å². The molecule has 24 heavy (non-hydrogen) atoms. The van der Waals surface area contributed by atoms with Crippen molar-refractivity contribution in [3.8, 4) is 0 Å². The summed E-state index contributed by atoms with van der Waals surface area (Å²) in [6.07, 6.45) is 3.62. The van der Waals surface area contributed by atoms with Crippen LogP contribution >= 0.6 is 0 Å². The van der Waals surface area contributed by atoms with E-state index >= 15 is 0 Å². The average Bonchev–Trinajstić information content (AvgIpc) is 3.00. The second-order valence-electron chi connectivity index (χ2n) is 7.89. The van der Waals surface area contributed by atoms with Crippen LogP contribution in [0.4, 0.5) is 0 Å². The van der Waals surface area contributed by atoms with E-state index in [1.54, 1.807) is 0 Å². The van der Waals surface area contributed by atoms with E-state index in [0.29, 0.717) is 12.0 Å². The Labute approximate surface area is 149 Å². The van der Waals surface area contributed by atoms with Gasteiger partial charge in [-0.3, -0.25) is 9.80 Å². The minimum absolute atomic E-state index is 0.149. The number of rotatable bonds is 9. The van der Waals surface area contributed by atoms with Gasteiger partial charge >= 0.3 is 0 Å². The highest BCUT2D eigenvalue weighted by atomic mass is 15.3. The summed E-state index contributed by atoms with van der Waals surface area (Å²) >= 11 is 0. The Bertz CT molecular complexity index is 469. The molecule has 1 heterocycles. The molecule has 2 N–H and O–H groups in total. The van der Waals surface area contributed by atoms with Crippen molar-refractivity contribution in [1.29, 1.82) is 0 Å². The first-order valence-electron chi connectivity index (χ1n) is 9.77. The Hall–Kier alpha value is -0.900. The van der Waals surface area contributed by atoms with Gasteiger partial charge in [-0.2, -0.15) is 0 Å². The molecule has 136 valence electrons. The fourth-order valence-corrected chi connectivity index (χ4v) is 4.29. The van der Waals surface area contributed by atoms with Gasteiger partial charge in [0.2, 0.25) is 0 Å². The third-order valence-corrected chi connectivity index (χ3v) is 5.59. The molecule has 2 rings (SSSR count). The molecule has 1 aliphatic heterocycles. The van der Waals surface area contributed by atoms with Crippen LogP contribution in [-0.4, -0.2) is 47.6 Å². The van der Waals surface area contributed by atoms with Crippen LogP contribution in [-0.2, 0) is 6.54 Å². The number of likely N-dealkylation sites (tertiary alicyclic amines) is 1. The first kappa shape index (κ1) is 19.4. The molecule has 0 spiro atoms. The van der Waals surface area contributed by atoms with Crippen LogP contribution in [0.3, 0.4) is 0 Å². The average molecular weight is 332 g/mol. The summed E-state index contributed by atoms with van der Waals surface area (Å²) in [6.45, 7) is 14.5. The summed E-state index contributed by atoms with van der Waals surface area (Å²) < 4.78 is 0. The normalized spacial score (nSPS) is 22.2. The third-order valence-electron chi connectivity index (χ3n) is 5.59. The molecule has 1 atom stereocenters. The standard InChI is InChI=1S/C21H37N3/c1-5-20(6-2)24(14-18(3)4)21(16-22)12-13-23(17-21)15-19-10-8-7-9-11-19/h7-11,18,20H,5-6,12-17,22H2,1-4H3. The van der Waals surface area contributed by atoms with Crippen LogP contribution < -0.4 is 5.73 Å². The highest BCUT2D eigenvalue weighted by Crippen LogP contribution is 2.32. The molecule has 1 aromatic rings. The summed E-state index contributed by atoms with van der Waals surface area (Å²) in [6, 6.07) is 11.5. The predicted octanol–water partition coefficient (Wildman–Crippen LogP) is 3.74. The molecule has 3 nitrogen and oxygen atoms in total. The molecule has 0 saturated carbocycles. The lowest BCUT2D eigenvalue weighted by Gasteiger charge is -2.46. The van der Waals surface area contributed by atoms with E-state index in [-0.39, 0.29) is 5.54 Å². The van der Waals surface area contributed by atoms with Gasteiger partial charge < -0.3 is 5.73 Å². The van der Waals surface area contributed by atoms with Crippen LogP contribution in [0.15, 0.2) is 30.3 Å². The Morgan fingerprint density at radius 1 is 1.17 bits per heavy atom. The predicted molar refractivity (Wildman–Crippen MR) is 104 cm³/mol. The second-order valence-corrected chi connectivity index (χ2v) is 7.89. The van der Waals surface area contributed by atoms with E-state index in [0.717, 1.165) is 32.7 Å². The number of hydrogen-bond acceptors (Lipinski definition) is 3. The van der Waals surface area contributed by atoms with Gasteiger partial charge in [-0.05, 0) is 30.7 Å². The van der Waals surface area contributed by atoms with Crippen molar-refractivity contribution in [1.82, 2.24) is 9.80 Å². The van der Waals surface area contributed by atoms with Crippen LogP contribution in [0.5, 0.6) is 0 Å². The fraction of sp³-hybridized carbons (Fsp3) is 0.714. The van der Waals surface area contributed by atoms with Crippen molar-refractivity contribution in [2.24, 2.45) is 11.7 Å². The summed E-state index contributed by atoms with van der Waals surface area (Å²) in [5, 5.41) is 0. The zero-order valence-electron chi connectivity index (χ0n) is 16.2. The lowest BCUT2D eigenvalue weighted by Crippen LogP contribution is -2.60. The molecule has 1 unspecified atom stereocenters. The van der Waals surface area contributed by atoms with E-state index in [4.69, 9.17) is 5.73 Å². The van der Waals surface area contributed by atoms with Crippen molar-refractivity contribution in [2.75, 3.05) is 26.2 Å². The largest absolute Gasteiger partial charge is 0.329 e. The van der Waals surface area contributed by atoms with Crippen molar-refractivity contribution < 1.29 is 0 Å². The van der Waals surface area contributed by atoms with Gasteiger partial charge in [0.05, 0.1) is 0 Å². The number of nitrogens with two attached hydrogens (primary N) is 1. The number of benzene rings is 1. The molecule has 0 amide bonds. The minimum Gasteiger partial charge on any atom is -0.329 e. The van der Waals surface area contributed by atoms with Gasteiger partial charge in [-0.15, -0.1) is 0 Å². The molecule has 0 aromatic heterocycles. The van der Waals surface area contributed by atoms with Crippen LogP contribution in [0.1, 0.15) is 52.5 Å². The Balaban J connectivity index is 2.14. The SMILES string of the molecule is CCC(CC)N(CC(C)C)C1(CN)CCN(Cc2ccccc2)C1. The molecule has 1 aromatic carbocycles. The zero-order valence-corrected chi connectivity index (χ0v) is 16.2. The van der Waals surface area contributed by atoms with Crippen LogP contribution in [0.2, 0.25) is 0 Å². The van der Waals surface area contributed by atoms with Gasteiger partial charge in [0.1, 0.15) is 0 Å². The Morgan fingerprint density at radius 3 is 2.38 bits per heavy atom. The Kier molecular flexibility index (Phi) is 7.27. The number of hydrogen-bond donors (Lipinski definition) is 1. The van der Waals surface area contributed by atoms with Gasteiger partial charge in [-0.25, -0.2) is 0 Å². The summed E-state index contributed by atoms with van der Waals surface area (Å²) in [5.41, 5.74) is 7.93. The van der Waals surface area contributed by atoms with Gasteiger partial charge in [0.25, 0.3) is 0 Å². The molecule has 3 heteroatoms. The Morgan fingerprint density at radius 2 is 1.83 bits per heavy atom. The van der Waals surface area contributed by atoms with E-state index in [2.05, 4.69) is 67.8 Å². The minimum atomic E-state index is 0.149. The van der Waals surface area contributed by atoms with Crippen molar-refractivity contribution >= 4 is 0 Å². The maximum absolute atomic E-state index is 6.38. The molecule has 0 radical (unpaired) electrons. The van der Waals surface area contributed by atoms with Gasteiger partial charge in [0, 0.05) is 44.3 Å².